The van der Waals surface area contributed by atoms with Crippen LogP contribution in [0, 0.1) is 21.8 Å². The van der Waals surface area contributed by atoms with Gasteiger partial charge in [-0.2, -0.15) is 5.26 Å². The number of pyridine rings is 1. The van der Waals surface area contributed by atoms with Crippen molar-refractivity contribution in [3.05, 3.63) is 20.9 Å². The Bertz CT molecular complexity index is 515. The minimum atomic E-state index is -2.42. The van der Waals surface area contributed by atoms with Gasteiger partial charge in [0.05, 0.1) is 11.6 Å². The summed E-state index contributed by atoms with van der Waals surface area (Å²) < 4.78 is 26.4. The first-order valence-electron chi connectivity index (χ1n) is 5.86. The maximum Gasteiger partial charge on any atom is 0.255 e. The lowest BCUT2D eigenvalue weighted by Crippen LogP contribution is -2.54. The Balaban J connectivity index is 2.32. The second kappa shape index (κ2) is 5.96. The molecule has 1 aliphatic heterocycles. The fourth-order valence-corrected chi connectivity index (χ4v) is 2.49. The summed E-state index contributed by atoms with van der Waals surface area (Å²) >= 11 is 2.11. The van der Waals surface area contributed by atoms with Crippen LogP contribution >= 0.6 is 22.6 Å². The van der Waals surface area contributed by atoms with Gasteiger partial charge in [0.15, 0.2) is 0 Å². The maximum atomic E-state index is 12.8. The maximum absolute atomic E-state index is 12.8. The fourth-order valence-electron chi connectivity index (χ4n) is 2.08. The van der Waals surface area contributed by atoms with Crippen LogP contribution in [0.25, 0.3) is 0 Å². The molecule has 1 saturated heterocycles. The molecule has 2 heterocycles. The molecule has 19 heavy (non-hydrogen) atoms. The predicted octanol–water partition coefficient (Wildman–Crippen LogP) is 1.91. The van der Waals surface area contributed by atoms with Crippen LogP contribution in [0.15, 0.2) is 6.20 Å². The highest BCUT2D eigenvalue weighted by molar-refractivity contribution is 14.1. The van der Waals surface area contributed by atoms with Gasteiger partial charge >= 0.3 is 0 Å². The molecule has 1 aromatic rings. The molecular weight excluding hydrogens is 365 g/mol. The molecule has 0 saturated carbocycles. The molecule has 1 unspecified atom stereocenters. The van der Waals surface area contributed by atoms with E-state index >= 15 is 0 Å². The lowest BCUT2D eigenvalue weighted by molar-refractivity contribution is 0.0957. The van der Waals surface area contributed by atoms with E-state index in [2.05, 4.69) is 39.0 Å². The Morgan fingerprint density at radius 2 is 2.37 bits per heavy atom. The Kier molecular flexibility index (Phi) is 4.52. The molecule has 4 nitrogen and oxygen atoms in total. The van der Waals surface area contributed by atoms with Crippen molar-refractivity contribution in [2.24, 2.45) is 0 Å². The molecule has 1 aromatic heterocycles. The van der Waals surface area contributed by atoms with Gasteiger partial charge < -0.3 is 10.2 Å². The quantitative estimate of drug-likeness (QED) is 0.800. The van der Waals surface area contributed by atoms with E-state index in [4.69, 9.17) is 0 Å². The van der Waals surface area contributed by atoms with E-state index in [-0.39, 0.29) is 6.54 Å². The number of hydrogen-bond donors (Lipinski definition) is 1. The van der Waals surface area contributed by atoms with E-state index in [1.165, 1.54) is 0 Å². The van der Waals surface area contributed by atoms with E-state index in [0.29, 0.717) is 24.5 Å². The van der Waals surface area contributed by atoms with Crippen LogP contribution in [0.2, 0.25) is 0 Å². The second-order valence-electron chi connectivity index (χ2n) is 4.38. The van der Waals surface area contributed by atoms with Gasteiger partial charge in [0.1, 0.15) is 11.9 Å². The van der Waals surface area contributed by atoms with Crippen molar-refractivity contribution < 1.29 is 8.78 Å². The van der Waals surface area contributed by atoms with Gasteiger partial charge in [-0.15, -0.1) is 0 Å². The zero-order valence-corrected chi connectivity index (χ0v) is 12.5. The number of hydrogen-bond acceptors (Lipinski definition) is 4. The molecular formula is C12H13F2IN4. The SMILES string of the molecule is Cc1c(I)cnc(N2CCNC(C(F)F)C2)c1C#N. The molecule has 0 spiro atoms. The van der Waals surface area contributed by atoms with Gasteiger partial charge in [-0.1, -0.05) is 0 Å². The first kappa shape index (κ1) is 14.4. The minimum Gasteiger partial charge on any atom is -0.352 e. The Morgan fingerprint density at radius 1 is 1.63 bits per heavy atom. The fraction of sp³-hybridized carbons (Fsp3) is 0.500. The molecule has 1 N–H and O–H groups in total. The molecule has 2 rings (SSSR count). The Labute approximate surface area is 123 Å². The minimum absolute atomic E-state index is 0.166. The molecule has 0 radical (unpaired) electrons. The monoisotopic (exact) mass is 378 g/mol. The smallest absolute Gasteiger partial charge is 0.255 e. The zero-order valence-electron chi connectivity index (χ0n) is 10.3. The van der Waals surface area contributed by atoms with Gasteiger partial charge in [-0.25, -0.2) is 13.8 Å². The van der Waals surface area contributed by atoms with Crippen molar-refractivity contribution in [3.8, 4) is 6.07 Å². The number of alkyl halides is 2. The molecule has 1 aliphatic rings. The molecule has 0 aliphatic carbocycles. The Morgan fingerprint density at radius 3 is 3.00 bits per heavy atom. The van der Waals surface area contributed by atoms with Crippen LogP contribution in [0.1, 0.15) is 11.1 Å². The zero-order chi connectivity index (χ0) is 14.0. The first-order chi connectivity index (χ1) is 9.04. The topological polar surface area (TPSA) is 52.0 Å². The third-order valence-electron chi connectivity index (χ3n) is 3.18. The van der Waals surface area contributed by atoms with E-state index in [1.807, 2.05) is 6.92 Å². The highest BCUT2D eigenvalue weighted by atomic mass is 127. The van der Waals surface area contributed by atoms with Crippen LogP contribution in [-0.2, 0) is 0 Å². The number of halogens is 3. The number of piperazine rings is 1. The summed E-state index contributed by atoms with van der Waals surface area (Å²) in [6.45, 7) is 3.05. The molecule has 0 bridgehead atoms. The van der Waals surface area contributed by atoms with Crippen molar-refractivity contribution in [1.29, 1.82) is 5.26 Å². The van der Waals surface area contributed by atoms with Crippen molar-refractivity contribution in [3.63, 3.8) is 0 Å². The largest absolute Gasteiger partial charge is 0.352 e. The number of anilines is 1. The standard InChI is InChI=1S/C12H13F2IN4/c1-7-8(4-16)12(18-5-9(7)15)19-3-2-17-10(6-19)11(13)14/h5,10-11,17H,2-3,6H2,1H3. The number of nitriles is 1. The molecule has 102 valence electrons. The molecule has 1 fully saturated rings. The van der Waals surface area contributed by atoms with E-state index in [9.17, 15) is 14.0 Å². The predicted molar refractivity (Wildman–Crippen MR) is 76.4 cm³/mol. The Hall–Kier alpha value is -1.01. The summed E-state index contributed by atoms with van der Waals surface area (Å²) in [6, 6.07) is 1.26. The third-order valence-corrected chi connectivity index (χ3v) is 4.27. The van der Waals surface area contributed by atoms with Crippen molar-refractivity contribution in [2.45, 2.75) is 19.4 Å². The highest BCUT2D eigenvalue weighted by Gasteiger charge is 2.28. The van der Waals surface area contributed by atoms with Gasteiger partial charge in [0.25, 0.3) is 6.43 Å². The van der Waals surface area contributed by atoms with Crippen LogP contribution in [-0.4, -0.2) is 37.1 Å². The summed E-state index contributed by atoms with van der Waals surface area (Å²) in [5.41, 5.74) is 1.32. The van der Waals surface area contributed by atoms with Gasteiger partial charge in [0.2, 0.25) is 0 Å². The summed E-state index contributed by atoms with van der Waals surface area (Å²) in [5, 5.41) is 12.0. The second-order valence-corrected chi connectivity index (χ2v) is 5.54. The van der Waals surface area contributed by atoms with Crippen molar-refractivity contribution >= 4 is 28.4 Å². The number of nitrogens with zero attached hydrogens (tertiary/aromatic N) is 3. The first-order valence-corrected chi connectivity index (χ1v) is 6.94. The van der Waals surface area contributed by atoms with Gasteiger partial charge in [-0.05, 0) is 35.1 Å². The average Bonchev–Trinajstić information content (AvgIpc) is 2.41. The van der Waals surface area contributed by atoms with Crippen LogP contribution in [0.3, 0.4) is 0 Å². The summed E-state index contributed by atoms with van der Waals surface area (Å²) in [5.74, 6) is 0.507. The summed E-state index contributed by atoms with van der Waals surface area (Å²) in [7, 11) is 0. The van der Waals surface area contributed by atoms with Crippen molar-refractivity contribution in [2.75, 3.05) is 24.5 Å². The van der Waals surface area contributed by atoms with Gasteiger partial charge in [-0.3, -0.25) is 0 Å². The number of nitrogens with one attached hydrogen (secondary N) is 1. The van der Waals surface area contributed by atoms with E-state index < -0.39 is 12.5 Å². The third kappa shape index (κ3) is 2.95. The molecule has 0 aromatic carbocycles. The van der Waals surface area contributed by atoms with Gasteiger partial charge in [0, 0.05) is 29.4 Å². The van der Waals surface area contributed by atoms with Crippen LogP contribution in [0.5, 0.6) is 0 Å². The lowest BCUT2D eigenvalue weighted by Gasteiger charge is -2.34. The van der Waals surface area contributed by atoms with Crippen LogP contribution < -0.4 is 10.2 Å². The average molecular weight is 378 g/mol. The van der Waals surface area contributed by atoms with E-state index in [1.54, 1.807) is 11.1 Å². The number of aromatic nitrogens is 1. The summed E-state index contributed by atoms with van der Waals surface area (Å²) in [4.78, 5) is 6.01. The lowest BCUT2D eigenvalue weighted by atomic mass is 10.1. The highest BCUT2D eigenvalue weighted by Crippen LogP contribution is 2.25. The number of rotatable bonds is 2. The molecule has 0 amide bonds. The van der Waals surface area contributed by atoms with E-state index in [0.717, 1.165) is 9.13 Å². The molecule has 1 atom stereocenters. The molecule has 7 heteroatoms. The normalized spacial score (nSPS) is 19.6. The van der Waals surface area contributed by atoms with Crippen molar-refractivity contribution in [1.82, 2.24) is 10.3 Å². The van der Waals surface area contributed by atoms with Crippen LogP contribution in [0.4, 0.5) is 14.6 Å². The summed E-state index contributed by atoms with van der Waals surface area (Å²) in [6.07, 6.45) is -0.746.